The molecule has 0 saturated heterocycles. The van der Waals surface area contributed by atoms with Crippen molar-refractivity contribution >= 4 is 34.8 Å². The molecule has 2 aromatic rings. The predicted octanol–water partition coefficient (Wildman–Crippen LogP) is 1.82. The summed E-state index contributed by atoms with van der Waals surface area (Å²) in [7, 11) is 4.80. The molecule has 0 heterocycles. The Morgan fingerprint density at radius 3 is 2.24 bits per heavy atom. The Kier molecular flexibility index (Phi) is 6.85. The molecule has 0 radical (unpaired) electrons. The van der Waals surface area contributed by atoms with E-state index in [4.69, 9.17) is 4.74 Å². The lowest BCUT2D eigenvalue weighted by Crippen LogP contribution is -2.21. The first-order valence-corrected chi connectivity index (χ1v) is 8.47. The van der Waals surface area contributed by atoms with Gasteiger partial charge in [0.05, 0.1) is 10.5 Å². The molecule has 2 rings (SSSR count). The normalized spacial score (nSPS) is 10.0. The van der Waals surface area contributed by atoms with Gasteiger partial charge >= 0.3 is 5.97 Å². The van der Waals surface area contributed by atoms with Crippen LogP contribution in [0.1, 0.15) is 20.7 Å². The summed E-state index contributed by atoms with van der Waals surface area (Å²) in [6.07, 6.45) is 0. The van der Waals surface area contributed by atoms with Gasteiger partial charge in [0.15, 0.2) is 6.61 Å². The van der Waals surface area contributed by atoms with E-state index in [1.165, 1.54) is 43.4 Å². The van der Waals surface area contributed by atoms with Crippen molar-refractivity contribution in [2.45, 2.75) is 0 Å². The summed E-state index contributed by atoms with van der Waals surface area (Å²) in [5.74, 6) is -1.71. The van der Waals surface area contributed by atoms with Crippen molar-refractivity contribution in [2.24, 2.45) is 0 Å². The van der Waals surface area contributed by atoms with Crippen LogP contribution in [0.15, 0.2) is 42.5 Å². The molecule has 0 bridgehead atoms. The monoisotopic (exact) mass is 400 g/mol. The fraction of sp³-hybridized carbons (Fsp3) is 0.211. The highest BCUT2D eigenvalue weighted by Gasteiger charge is 2.20. The summed E-state index contributed by atoms with van der Waals surface area (Å²) in [6, 6.07) is 10.1. The SMILES string of the molecule is CNC(=O)c1ccc(NC(=O)COC(=O)c2ccc(N(C)C)c([N+](=O)[O-])c2)cc1. The van der Waals surface area contributed by atoms with Gasteiger partial charge in [-0.25, -0.2) is 4.79 Å². The average Bonchev–Trinajstić information content (AvgIpc) is 2.71. The number of nitro groups is 1. The molecule has 2 aromatic carbocycles. The molecule has 0 aliphatic heterocycles. The Morgan fingerprint density at radius 1 is 1.07 bits per heavy atom. The fourth-order valence-electron chi connectivity index (χ4n) is 2.44. The van der Waals surface area contributed by atoms with Gasteiger partial charge in [-0.05, 0) is 36.4 Å². The van der Waals surface area contributed by atoms with E-state index in [9.17, 15) is 24.5 Å². The van der Waals surface area contributed by atoms with E-state index < -0.39 is 23.4 Å². The van der Waals surface area contributed by atoms with Crippen LogP contribution >= 0.6 is 0 Å². The Morgan fingerprint density at radius 2 is 1.69 bits per heavy atom. The van der Waals surface area contributed by atoms with Crippen molar-refractivity contribution in [3.05, 3.63) is 63.7 Å². The number of hydrogen-bond donors (Lipinski definition) is 2. The Balaban J connectivity index is 1.98. The maximum absolute atomic E-state index is 12.1. The molecule has 2 N–H and O–H groups in total. The first-order chi connectivity index (χ1) is 13.7. The van der Waals surface area contributed by atoms with Crippen molar-refractivity contribution in [2.75, 3.05) is 38.0 Å². The van der Waals surface area contributed by atoms with Gasteiger partial charge in [0.25, 0.3) is 17.5 Å². The Bertz CT molecular complexity index is 940. The third kappa shape index (κ3) is 5.51. The summed E-state index contributed by atoms with van der Waals surface area (Å²) >= 11 is 0. The highest BCUT2D eigenvalue weighted by atomic mass is 16.6. The lowest BCUT2D eigenvalue weighted by molar-refractivity contribution is -0.384. The topological polar surface area (TPSA) is 131 Å². The molecule has 152 valence electrons. The number of nitrogens with one attached hydrogen (secondary N) is 2. The van der Waals surface area contributed by atoms with E-state index >= 15 is 0 Å². The maximum Gasteiger partial charge on any atom is 0.338 e. The minimum atomic E-state index is -0.858. The number of carbonyl (C=O) groups excluding carboxylic acids is 3. The first kappa shape index (κ1) is 21.4. The van der Waals surface area contributed by atoms with Crippen LogP contribution in [0.2, 0.25) is 0 Å². The smallest absolute Gasteiger partial charge is 0.338 e. The highest BCUT2D eigenvalue weighted by molar-refractivity contribution is 5.97. The molecule has 10 heteroatoms. The summed E-state index contributed by atoms with van der Waals surface area (Å²) in [4.78, 5) is 47.7. The van der Waals surface area contributed by atoms with Crippen LogP contribution in [-0.4, -0.2) is 50.5 Å². The van der Waals surface area contributed by atoms with Gasteiger partial charge in [-0.2, -0.15) is 0 Å². The molecule has 0 saturated carbocycles. The van der Waals surface area contributed by atoms with E-state index in [1.54, 1.807) is 19.0 Å². The van der Waals surface area contributed by atoms with Crippen molar-refractivity contribution < 1.29 is 24.0 Å². The molecular weight excluding hydrogens is 380 g/mol. The molecule has 0 fully saturated rings. The van der Waals surface area contributed by atoms with Crippen molar-refractivity contribution in [3.8, 4) is 0 Å². The van der Waals surface area contributed by atoms with E-state index in [-0.39, 0.29) is 17.2 Å². The number of ether oxygens (including phenoxy) is 1. The van der Waals surface area contributed by atoms with Crippen LogP contribution in [0, 0.1) is 10.1 Å². The summed E-state index contributed by atoms with van der Waals surface area (Å²) in [5.41, 5.74) is 0.906. The first-order valence-electron chi connectivity index (χ1n) is 8.47. The number of nitro benzene ring substituents is 1. The van der Waals surface area contributed by atoms with Crippen molar-refractivity contribution in [1.82, 2.24) is 5.32 Å². The minimum Gasteiger partial charge on any atom is -0.452 e. The molecule has 0 aliphatic carbocycles. The number of anilines is 2. The largest absolute Gasteiger partial charge is 0.452 e. The fourth-order valence-corrected chi connectivity index (χ4v) is 2.44. The third-order valence-electron chi connectivity index (χ3n) is 3.88. The number of rotatable bonds is 7. The van der Waals surface area contributed by atoms with E-state index in [2.05, 4.69) is 10.6 Å². The van der Waals surface area contributed by atoms with Crippen LogP contribution in [-0.2, 0) is 9.53 Å². The van der Waals surface area contributed by atoms with Gasteiger partial charge in [0, 0.05) is 38.5 Å². The molecule has 10 nitrogen and oxygen atoms in total. The third-order valence-corrected chi connectivity index (χ3v) is 3.88. The lowest BCUT2D eigenvalue weighted by atomic mass is 10.1. The summed E-state index contributed by atoms with van der Waals surface area (Å²) in [6.45, 7) is -0.570. The number of amides is 2. The predicted molar refractivity (Wildman–Crippen MR) is 106 cm³/mol. The van der Waals surface area contributed by atoms with Crippen LogP contribution in [0.5, 0.6) is 0 Å². The second kappa shape index (κ2) is 9.31. The van der Waals surface area contributed by atoms with Gasteiger partial charge in [0.1, 0.15) is 5.69 Å². The van der Waals surface area contributed by atoms with E-state index in [0.29, 0.717) is 16.9 Å². The number of hydrogen-bond acceptors (Lipinski definition) is 7. The summed E-state index contributed by atoms with van der Waals surface area (Å²) < 4.78 is 4.93. The lowest BCUT2D eigenvalue weighted by Gasteiger charge is -2.13. The standard InChI is InChI=1S/C19H20N4O6/c1-20-18(25)12-4-7-14(8-5-12)21-17(24)11-29-19(26)13-6-9-15(22(2)3)16(10-13)23(27)28/h4-10H,11H2,1-3H3,(H,20,25)(H,21,24). The minimum absolute atomic E-state index is 0.0370. The van der Waals surface area contributed by atoms with Crippen LogP contribution in [0.3, 0.4) is 0 Å². The molecule has 0 spiro atoms. The van der Waals surface area contributed by atoms with Gasteiger partial charge in [-0.15, -0.1) is 0 Å². The second-order valence-corrected chi connectivity index (χ2v) is 6.14. The Hall–Kier alpha value is -3.95. The number of esters is 1. The number of benzene rings is 2. The molecule has 0 unspecified atom stereocenters. The zero-order valence-corrected chi connectivity index (χ0v) is 16.1. The molecule has 0 aliphatic rings. The quantitative estimate of drug-likeness (QED) is 0.412. The average molecular weight is 400 g/mol. The van der Waals surface area contributed by atoms with Crippen LogP contribution in [0.4, 0.5) is 17.1 Å². The van der Waals surface area contributed by atoms with Gasteiger partial charge in [-0.3, -0.25) is 19.7 Å². The van der Waals surface area contributed by atoms with Gasteiger partial charge < -0.3 is 20.3 Å². The van der Waals surface area contributed by atoms with Crippen molar-refractivity contribution in [3.63, 3.8) is 0 Å². The van der Waals surface area contributed by atoms with Gasteiger partial charge in [0.2, 0.25) is 0 Å². The van der Waals surface area contributed by atoms with Crippen LogP contribution in [0.25, 0.3) is 0 Å². The zero-order chi connectivity index (χ0) is 21.6. The highest BCUT2D eigenvalue weighted by Crippen LogP contribution is 2.27. The number of carbonyl (C=O) groups is 3. The molecule has 2 amide bonds. The molecule has 0 aromatic heterocycles. The van der Waals surface area contributed by atoms with Crippen LogP contribution < -0.4 is 15.5 Å². The molecule has 0 atom stereocenters. The number of nitrogens with zero attached hydrogens (tertiary/aromatic N) is 2. The zero-order valence-electron chi connectivity index (χ0n) is 16.1. The summed E-state index contributed by atoms with van der Waals surface area (Å²) in [5, 5.41) is 16.2. The van der Waals surface area contributed by atoms with E-state index in [1.807, 2.05) is 0 Å². The Labute approximate surface area is 166 Å². The van der Waals surface area contributed by atoms with Gasteiger partial charge in [-0.1, -0.05) is 0 Å². The molecule has 29 heavy (non-hydrogen) atoms. The second-order valence-electron chi connectivity index (χ2n) is 6.14. The molecular formula is C19H20N4O6. The van der Waals surface area contributed by atoms with E-state index in [0.717, 1.165) is 6.07 Å². The van der Waals surface area contributed by atoms with Crippen molar-refractivity contribution in [1.29, 1.82) is 0 Å². The maximum atomic E-state index is 12.1.